The van der Waals surface area contributed by atoms with Crippen molar-refractivity contribution in [3.05, 3.63) is 167 Å². The van der Waals surface area contributed by atoms with Gasteiger partial charge in [-0.25, -0.2) is 0 Å². The van der Waals surface area contributed by atoms with Crippen LogP contribution in [0.2, 0.25) is 0 Å². The maximum absolute atomic E-state index is 5.31. The standard InChI is InChI=1S/C42H33N3/c1-2-12-31(13-3-1)45-40-26-30(33-17-8-11-28-10-4-5-14-32(28)33)20-21-36(40)42-35-16-7-6-15-34(35)37(27-41(42)45)39-19-9-18-38(44-39)29-22-24-43-25-23-29/h1-8,10-18,22-27,34-35H,9,19-21H2. The maximum atomic E-state index is 5.31. The van der Waals surface area contributed by atoms with Gasteiger partial charge < -0.3 is 4.57 Å². The lowest BCUT2D eigenvalue weighted by atomic mass is 9.71. The lowest BCUT2D eigenvalue weighted by Crippen LogP contribution is -2.24. The molecule has 0 saturated carbocycles. The molecule has 0 N–H and O–H groups in total. The maximum Gasteiger partial charge on any atom is 0.0666 e. The number of fused-ring (bicyclic) bond motifs is 6. The third-order valence-electron chi connectivity index (χ3n) is 9.90. The molecule has 4 aliphatic rings. The van der Waals surface area contributed by atoms with Crippen molar-refractivity contribution < 1.29 is 0 Å². The summed E-state index contributed by atoms with van der Waals surface area (Å²) >= 11 is 0. The van der Waals surface area contributed by atoms with E-state index in [1.165, 1.54) is 61.4 Å². The summed E-state index contributed by atoms with van der Waals surface area (Å²) < 4.78 is 2.53. The molecule has 0 bridgehead atoms. The first-order valence-electron chi connectivity index (χ1n) is 16.1. The number of hydrogen-bond donors (Lipinski definition) is 0. The molecule has 2 aromatic heterocycles. The molecule has 0 spiro atoms. The number of aromatic nitrogens is 2. The molecule has 3 heterocycles. The molecule has 3 nitrogen and oxygen atoms in total. The minimum atomic E-state index is 0.275. The van der Waals surface area contributed by atoms with Crippen LogP contribution in [0.15, 0.2) is 138 Å². The number of para-hydroxylation sites is 1. The minimum absolute atomic E-state index is 0.275. The summed E-state index contributed by atoms with van der Waals surface area (Å²) in [5.41, 5.74) is 14.3. The fourth-order valence-corrected chi connectivity index (χ4v) is 7.88. The number of nitrogens with zero attached hydrogens (tertiary/aromatic N) is 3. The summed E-state index contributed by atoms with van der Waals surface area (Å²) in [4.78, 5) is 9.53. The first-order chi connectivity index (χ1) is 22.3. The van der Waals surface area contributed by atoms with Crippen LogP contribution in [0.5, 0.6) is 0 Å². The van der Waals surface area contributed by atoms with Crippen molar-refractivity contribution >= 4 is 39.9 Å². The van der Waals surface area contributed by atoms with Crippen LogP contribution in [-0.4, -0.2) is 15.3 Å². The summed E-state index contributed by atoms with van der Waals surface area (Å²) in [7, 11) is 0. The molecule has 216 valence electrons. The highest BCUT2D eigenvalue weighted by Gasteiger charge is 2.38. The summed E-state index contributed by atoms with van der Waals surface area (Å²) in [5, 5.41) is 2.62. The molecule has 3 aliphatic carbocycles. The Hall–Kier alpha value is -5.28. The highest BCUT2D eigenvalue weighted by molar-refractivity contribution is 6.09. The lowest BCUT2D eigenvalue weighted by molar-refractivity contribution is 0.663. The van der Waals surface area contributed by atoms with Crippen LogP contribution in [0, 0.1) is 5.92 Å². The molecule has 9 rings (SSSR count). The van der Waals surface area contributed by atoms with Crippen LogP contribution in [0.3, 0.4) is 0 Å². The Morgan fingerprint density at radius 1 is 0.689 bits per heavy atom. The predicted octanol–water partition coefficient (Wildman–Crippen LogP) is 10.0. The SMILES string of the molecule is C1=CC2C(C3=NC(c4ccncc4)=CCC3)=Cc3c(c4c(n3-c3ccccc3)C=C(c3cccc5ccccc35)CC4)C2C=C1. The molecule has 2 atom stereocenters. The Balaban J connectivity index is 1.26. The van der Waals surface area contributed by atoms with Crippen LogP contribution in [0.25, 0.3) is 39.9 Å². The summed E-state index contributed by atoms with van der Waals surface area (Å²) in [6.45, 7) is 0. The van der Waals surface area contributed by atoms with Crippen molar-refractivity contribution in [1.29, 1.82) is 0 Å². The highest BCUT2D eigenvalue weighted by Crippen LogP contribution is 2.50. The van der Waals surface area contributed by atoms with E-state index in [4.69, 9.17) is 4.99 Å². The molecular weight excluding hydrogens is 546 g/mol. The van der Waals surface area contributed by atoms with Gasteiger partial charge in [0.25, 0.3) is 0 Å². The van der Waals surface area contributed by atoms with E-state index in [2.05, 4.69) is 137 Å². The van der Waals surface area contributed by atoms with E-state index < -0.39 is 0 Å². The van der Waals surface area contributed by atoms with Crippen LogP contribution in [0.4, 0.5) is 0 Å². The second-order valence-electron chi connectivity index (χ2n) is 12.4. The number of aliphatic imine (C=N–C) groups is 1. The van der Waals surface area contributed by atoms with Gasteiger partial charge in [0.1, 0.15) is 0 Å². The fraction of sp³-hybridized carbons (Fsp3) is 0.143. The Labute approximate surface area is 264 Å². The average Bonchev–Trinajstić information content (AvgIpc) is 3.45. The second kappa shape index (κ2) is 10.7. The van der Waals surface area contributed by atoms with Gasteiger partial charge >= 0.3 is 0 Å². The zero-order valence-corrected chi connectivity index (χ0v) is 25.1. The molecule has 2 unspecified atom stereocenters. The zero-order valence-electron chi connectivity index (χ0n) is 25.1. The highest BCUT2D eigenvalue weighted by atomic mass is 15.0. The largest absolute Gasteiger partial charge is 0.310 e. The Bertz CT molecular complexity index is 2150. The minimum Gasteiger partial charge on any atom is -0.310 e. The van der Waals surface area contributed by atoms with Crippen LogP contribution in [-0.2, 0) is 6.42 Å². The number of benzene rings is 3. The van der Waals surface area contributed by atoms with Gasteiger partial charge in [-0.1, -0.05) is 91.0 Å². The Morgan fingerprint density at radius 2 is 1.49 bits per heavy atom. The van der Waals surface area contributed by atoms with E-state index in [1.54, 1.807) is 0 Å². The molecule has 0 radical (unpaired) electrons. The molecule has 5 aromatic rings. The summed E-state index contributed by atoms with van der Waals surface area (Å²) in [6, 6.07) is 30.5. The van der Waals surface area contributed by atoms with Crippen molar-refractivity contribution in [2.75, 3.05) is 0 Å². The normalized spacial score (nSPS) is 20.0. The second-order valence-corrected chi connectivity index (χ2v) is 12.4. The number of hydrogen-bond acceptors (Lipinski definition) is 2. The van der Waals surface area contributed by atoms with E-state index in [9.17, 15) is 0 Å². The molecule has 1 aliphatic heterocycles. The van der Waals surface area contributed by atoms with Crippen LogP contribution in [0.1, 0.15) is 58.8 Å². The van der Waals surface area contributed by atoms with Gasteiger partial charge in [-0.3, -0.25) is 9.98 Å². The summed E-state index contributed by atoms with van der Waals surface area (Å²) in [6.07, 6.45) is 24.3. The molecular formula is C42H33N3. The summed E-state index contributed by atoms with van der Waals surface area (Å²) in [5.74, 6) is 0.561. The van der Waals surface area contributed by atoms with Crippen molar-refractivity contribution in [1.82, 2.24) is 9.55 Å². The molecule has 0 amide bonds. The monoisotopic (exact) mass is 579 g/mol. The van der Waals surface area contributed by atoms with Crippen LogP contribution < -0.4 is 0 Å². The predicted molar refractivity (Wildman–Crippen MR) is 187 cm³/mol. The molecule has 3 aromatic carbocycles. The smallest absolute Gasteiger partial charge is 0.0666 e. The van der Waals surface area contributed by atoms with Gasteiger partial charge in [-0.2, -0.15) is 0 Å². The third-order valence-corrected chi connectivity index (χ3v) is 9.90. The molecule has 3 heteroatoms. The van der Waals surface area contributed by atoms with Gasteiger partial charge in [-0.05, 0) is 101 Å². The molecule has 0 saturated heterocycles. The van der Waals surface area contributed by atoms with Crippen molar-refractivity contribution in [2.45, 2.75) is 31.6 Å². The average molecular weight is 580 g/mol. The van der Waals surface area contributed by atoms with Gasteiger partial charge in [0.2, 0.25) is 0 Å². The van der Waals surface area contributed by atoms with Crippen LogP contribution >= 0.6 is 0 Å². The van der Waals surface area contributed by atoms with Crippen molar-refractivity contribution in [3.63, 3.8) is 0 Å². The van der Waals surface area contributed by atoms with Gasteiger partial charge in [0.05, 0.1) is 17.1 Å². The van der Waals surface area contributed by atoms with Gasteiger partial charge in [0, 0.05) is 41.2 Å². The van der Waals surface area contributed by atoms with E-state index in [-0.39, 0.29) is 11.8 Å². The first-order valence-corrected chi connectivity index (χ1v) is 16.1. The zero-order chi connectivity index (χ0) is 29.7. The van der Waals surface area contributed by atoms with Gasteiger partial charge in [-0.15, -0.1) is 0 Å². The van der Waals surface area contributed by atoms with E-state index in [0.717, 1.165) is 36.9 Å². The topological polar surface area (TPSA) is 30.2 Å². The number of pyridine rings is 1. The fourth-order valence-electron chi connectivity index (χ4n) is 7.88. The van der Waals surface area contributed by atoms with E-state index in [1.807, 2.05) is 12.4 Å². The van der Waals surface area contributed by atoms with E-state index in [0.29, 0.717) is 0 Å². The Kier molecular flexibility index (Phi) is 6.22. The lowest BCUT2D eigenvalue weighted by Gasteiger charge is -2.33. The molecule has 45 heavy (non-hydrogen) atoms. The van der Waals surface area contributed by atoms with Gasteiger partial charge in [0.15, 0.2) is 0 Å². The van der Waals surface area contributed by atoms with E-state index >= 15 is 0 Å². The van der Waals surface area contributed by atoms with Crippen molar-refractivity contribution in [2.24, 2.45) is 10.9 Å². The first kappa shape index (κ1) is 26.2. The number of rotatable bonds is 4. The quantitative estimate of drug-likeness (QED) is 0.208. The molecule has 0 fully saturated rings. The van der Waals surface area contributed by atoms with Crippen molar-refractivity contribution in [3.8, 4) is 5.69 Å². The third kappa shape index (κ3) is 4.34. The Morgan fingerprint density at radius 3 is 2.38 bits per heavy atom. The number of allylic oxidation sites excluding steroid dienone is 7.